The largest absolute Gasteiger partial charge is 0.315 e. The van der Waals surface area contributed by atoms with Crippen LogP contribution < -0.4 is 10.0 Å². The minimum atomic E-state index is -3.59. The number of halogens is 2. The highest BCUT2D eigenvalue weighted by Crippen LogP contribution is 2.20. The smallest absolute Gasteiger partial charge is 0.240 e. The molecule has 0 spiro atoms. The van der Waals surface area contributed by atoms with E-state index in [1.165, 1.54) is 18.2 Å². The SMILES string of the molecule is Cl.N#Cc1ccc(S(=O)(=O)N[C@@H]2CCCNC2)cc1Cl. The van der Waals surface area contributed by atoms with Crippen LogP contribution in [0.15, 0.2) is 23.1 Å². The van der Waals surface area contributed by atoms with Crippen LogP contribution in [0.2, 0.25) is 5.02 Å². The van der Waals surface area contributed by atoms with Crippen molar-refractivity contribution in [3.63, 3.8) is 0 Å². The maximum Gasteiger partial charge on any atom is 0.240 e. The van der Waals surface area contributed by atoms with Gasteiger partial charge in [-0.3, -0.25) is 0 Å². The Morgan fingerprint density at radius 2 is 2.20 bits per heavy atom. The molecule has 1 aromatic rings. The summed E-state index contributed by atoms with van der Waals surface area (Å²) in [5, 5.41) is 12.1. The van der Waals surface area contributed by atoms with Crippen LogP contribution in [-0.2, 0) is 10.0 Å². The number of nitrogens with zero attached hydrogens (tertiary/aromatic N) is 1. The second-order valence-electron chi connectivity index (χ2n) is 4.42. The molecule has 1 heterocycles. The van der Waals surface area contributed by atoms with Crippen molar-refractivity contribution >= 4 is 34.0 Å². The van der Waals surface area contributed by atoms with Crippen molar-refractivity contribution in [2.45, 2.75) is 23.8 Å². The number of benzene rings is 1. The highest BCUT2D eigenvalue weighted by molar-refractivity contribution is 7.89. The van der Waals surface area contributed by atoms with Gasteiger partial charge in [0.2, 0.25) is 10.0 Å². The van der Waals surface area contributed by atoms with Crippen molar-refractivity contribution in [3.05, 3.63) is 28.8 Å². The van der Waals surface area contributed by atoms with E-state index >= 15 is 0 Å². The molecule has 8 heteroatoms. The Morgan fingerprint density at radius 3 is 2.75 bits per heavy atom. The third-order valence-corrected chi connectivity index (χ3v) is 4.82. The molecule has 5 nitrogen and oxygen atoms in total. The molecule has 0 saturated carbocycles. The molecule has 0 aliphatic carbocycles. The van der Waals surface area contributed by atoms with Gasteiger partial charge in [0.25, 0.3) is 0 Å². The fourth-order valence-electron chi connectivity index (χ4n) is 1.99. The van der Waals surface area contributed by atoms with Crippen molar-refractivity contribution in [1.29, 1.82) is 5.26 Å². The molecule has 2 rings (SSSR count). The van der Waals surface area contributed by atoms with Crippen LogP contribution in [0.1, 0.15) is 18.4 Å². The summed E-state index contributed by atoms with van der Waals surface area (Å²) in [4.78, 5) is 0.0853. The average molecular weight is 336 g/mol. The molecule has 0 bridgehead atoms. The standard InChI is InChI=1S/C12H14ClN3O2S.ClH/c13-12-6-11(4-3-9(12)7-14)19(17,18)16-10-2-1-5-15-8-10;/h3-4,6,10,15-16H,1-2,5,8H2;1H/t10-;/m1./s1. The number of sulfonamides is 1. The number of nitrogens with one attached hydrogen (secondary N) is 2. The van der Waals surface area contributed by atoms with E-state index in [2.05, 4.69) is 10.0 Å². The van der Waals surface area contributed by atoms with E-state index in [0.29, 0.717) is 6.54 Å². The number of hydrogen-bond donors (Lipinski definition) is 2. The molecule has 110 valence electrons. The van der Waals surface area contributed by atoms with Gasteiger partial charge in [0, 0.05) is 12.6 Å². The minimum Gasteiger partial charge on any atom is -0.315 e. The van der Waals surface area contributed by atoms with Crippen molar-refractivity contribution in [2.24, 2.45) is 0 Å². The molecule has 20 heavy (non-hydrogen) atoms. The molecule has 1 fully saturated rings. The summed E-state index contributed by atoms with van der Waals surface area (Å²) in [6, 6.07) is 5.90. The number of nitriles is 1. The average Bonchev–Trinajstić information content (AvgIpc) is 2.39. The zero-order valence-electron chi connectivity index (χ0n) is 10.6. The van der Waals surface area contributed by atoms with E-state index in [1.54, 1.807) is 0 Å². The van der Waals surface area contributed by atoms with Gasteiger partial charge >= 0.3 is 0 Å². The Bertz CT molecular complexity index is 608. The highest BCUT2D eigenvalue weighted by atomic mass is 35.5. The van der Waals surface area contributed by atoms with Crippen molar-refractivity contribution in [3.8, 4) is 6.07 Å². The Labute approximate surface area is 129 Å². The third kappa shape index (κ3) is 4.08. The zero-order valence-corrected chi connectivity index (χ0v) is 13.0. The molecular formula is C12H15Cl2N3O2S. The van der Waals surface area contributed by atoms with E-state index in [1.807, 2.05) is 6.07 Å². The molecule has 0 aromatic heterocycles. The van der Waals surface area contributed by atoms with Gasteiger partial charge in [-0.25, -0.2) is 13.1 Å². The van der Waals surface area contributed by atoms with E-state index in [4.69, 9.17) is 16.9 Å². The lowest BCUT2D eigenvalue weighted by Crippen LogP contribution is -2.45. The monoisotopic (exact) mass is 335 g/mol. The van der Waals surface area contributed by atoms with Crippen LogP contribution in [0.25, 0.3) is 0 Å². The quantitative estimate of drug-likeness (QED) is 0.880. The summed E-state index contributed by atoms with van der Waals surface area (Å²) in [5.41, 5.74) is 0.264. The second-order valence-corrected chi connectivity index (χ2v) is 6.54. The molecule has 1 saturated heterocycles. The van der Waals surface area contributed by atoms with Gasteiger partial charge < -0.3 is 5.32 Å². The normalized spacial score (nSPS) is 18.9. The molecule has 0 amide bonds. The molecule has 0 radical (unpaired) electrons. The van der Waals surface area contributed by atoms with Gasteiger partial charge in [0.15, 0.2) is 0 Å². The van der Waals surface area contributed by atoms with Gasteiger partial charge in [-0.05, 0) is 37.6 Å². The number of piperidine rings is 1. The van der Waals surface area contributed by atoms with Gasteiger partial charge in [0.1, 0.15) is 6.07 Å². The summed E-state index contributed by atoms with van der Waals surface area (Å²) in [6.07, 6.45) is 1.76. The Morgan fingerprint density at radius 1 is 1.45 bits per heavy atom. The molecule has 0 unspecified atom stereocenters. The first-order valence-electron chi connectivity index (χ1n) is 5.95. The number of rotatable bonds is 3. The van der Waals surface area contributed by atoms with Gasteiger partial charge in [0.05, 0.1) is 15.5 Å². The molecule has 1 atom stereocenters. The number of hydrogen-bond acceptors (Lipinski definition) is 4. The fraction of sp³-hybridized carbons (Fsp3) is 0.417. The van der Waals surface area contributed by atoms with Crippen molar-refractivity contribution in [1.82, 2.24) is 10.0 Å². The zero-order chi connectivity index (χ0) is 13.9. The van der Waals surface area contributed by atoms with Gasteiger partial charge in [-0.1, -0.05) is 11.6 Å². The summed E-state index contributed by atoms with van der Waals surface area (Å²) in [6.45, 7) is 1.55. The fourth-order valence-corrected chi connectivity index (χ4v) is 3.58. The Kier molecular flexibility index (Phi) is 6.24. The van der Waals surface area contributed by atoms with Crippen LogP contribution in [0.4, 0.5) is 0 Å². The molecule has 1 aliphatic rings. The van der Waals surface area contributed by atoms with E-state index in [9.17, 15) is 8.42 Å². The predicted molar refractivity (Wildman–Crippen MR) is 79.6 cm³/mol. The lowest BCUT2D eigenvalue weighted by molar-refractivity contribution is 0.428. The van der Waals surface area contributed by atoms with Crippen LogP contribution in [-0.4, -0.2) is 27.5 Å². The molecule has 1 aliphatic heterocycles. The van der Waals surface area contributed by atoms with Crippen LogP contribution in [0.3, 0.4) is 0 Å². The van der Waals surface area contributed by atoms with Gasteiger partial charge in [-0.15, -0.1) is 12.4 Å². The second kappa shape index (κ2) is 7.25. The van der Waals surface area contributed by atoms with Crippen molar-refractivity contribution < 1.29 is 8.42 Å². The predicted octanol–water partition coefficient (Wildman–Crippen LogP) is 1.66. The van der Waals surface area contributed by atoms with E-state index in [-0.39, 0.29) is 33.9 Å². The first kappa shape index (κ1) is 17.2. The molecular weight excluding hydrogens is 321 g/mol. The summed E-state index contributed by atoms with van der Waals surface area (Å²) >= 11 is 5.85. The van der Waals surface area contributed by atoms with Gasteiger partial charge in [-0.2, -0.15) is 5.26 Å². The molecule has 2 N–H and O–H groups in total. The Hall–Kier alpha value is -0.840. The highest BCUT2D eigenvalue weighted by Gasteiger charge is 2.22. The van der Waals surface area contributed by atoms with Crippen LogP contribution >= 0.6 is 24.0 Å². The summed E-state index contributed by atoms with van der Waals surface area (Å²) < 4.78 is 27.0. The molecule has 1 aromatic carbocycles. The minimum absolute atomic E-state index is 0. The maximum absolute atomic E-state index is 12.2. The topological polar surface area (TPSA) is 82.0 Å². The van der Waals surface area contributed by atoms with Crippen LogP contribution in [0, 0.1) is 11.3 Å². The first-order valence-corrected chi connectivity index (χ1v) is 7.82. The third-order valence-electron chi connectivity index (χ3n) is 2.99. The first-order chi connectivity index (χ1) is 9.03. The van der Waals surface area contributed by atoms with E-state index in [0.717, 1.165) is 19.4 Å². The lowest BCUT2D eigenvalue weighted by Gasteiger charge is -2.23. The lowest BCUT2D eigenvalue weighted by atomic mass is 10.1. The summed E-state index contributed by atoms with van der Waals surface area (Å²) in [5.74, 6) is 0. The van der Waals surface area contributed by atoms with Crippen LogP contribution in [0.5, 0.6) is 0 Å². The maximum atomic E-state index is 12.2. The summed E-state index contributed by atoms with van der Waals surface area (Å²) in [7, 11) is -3.59. The van der Waals surface area contributed by atoms with E-state index < -0.39 is 10.0 Å². The Balaban J connectivity index is 0.00000200. The van der Waals surface area contributed by atoms with Crippen molar-refractivity contribution in [2.75, 3.05) is 13.1 Å².